The summed E-state index contributed by atoms with van der Waals surface area (Å²) in [5.41, 5.74) is 1.22. The van der Waals surface area contributed by atoms with Crippen molar-refractivity contribution in [2.75, 3.05) is 36.5 Å². The fourth-order valence-electron chi connectivity index (χ4n) is 3.00. The SMILES string of the molecule is Cc1nc(N2CCOCC2)[nH]c(=O)c1CCC(=O)Nc1ccc(OC(F)F)cc1. The van der Waals surface area contributed by atoms with Crippen molar-refractivity contribution in [2.45, 2.75) is 26.4 Å². The molecule has 2 heterocycles. The number of benzene rings is 1. The molecule has 0 atom stereocenters. The molecule has 10 heteroatoms. The number of nitrogens with one attached hydrogen (secondary N) is 2. The van der Waals surface area contributed by atoms with E-state index in [2.05, 4.69) is 20.0 Å². The van der Waals surface area contributed by atoms with E-state index in [0.29, 0.717) is 49.2 Å². The summed E-state index contributed by atoms with van der Waals surface area (Å²) in [4.78, 5) is 33.8. The van der Waals surface area contributed by atoms with Gasteiger partial charge in [-0.25, -0.2) is 4.98 Å². The summed E-state index contributed by atoms with van der Waals surface area (Å²) in [7, 11) is 0. The quantitative estimate of drug-likeness (QED) is 0.728. The van der Waals surface area contributed by atoms with Crippen LogP contribution in [-0.4, -0.2) is 48.8 Å². The first kappa shape index (κ1) is 20.7. The van der Waals surface area contributed by atoms with Gasteiger partial charge in [-0.1, -0.05) is 0 Å². The number of aromatic amines is 1. The molecule has 0 radical (unpaired) electrons. The number of hydrogen-bond acceptors (Lipinski definition) is 6. The van der Waals surface area contributed by atoms with Crippen LogP contribution < -0.4 is 20.5 Å². The number of rotatable bonds is 7. The first-order chi connectivity index (χ1) is 13.9. The number of alkyl halides is 2. The summed E-state index contributed by atoms with van der Waals surface area (Å²) in [6, 6.07) is 5.61. The molecule has 156 valence electrons. The lowest BCUT2D eigenvalue weighted by atomic mass is 10.1. The van der Waals surface area contributed by atoms with Crippen LogP contribution in [0.25, 0.3) is 0 Å². The van der Waals surface area contributed by atoms with Crippen LogP contribution in [0, 0.1) is 6.92 Å². The van der Waals surface area contributed by atoms with Crippen LogP contribution in [0.3, 0.4) is 0 Å². The van der Waals surface area contributed by atoms with Crippen LogP contribution in [0.15, 0.2) is 29.1 Å². The minimum absolute atomic E-state index is 0.00610. The van der Waals surface area contributed by atoms with Gasteiger partial charge >= 0.3 is 6.61 Å². The second-order valence-electron chi connectivity index (χ2n) is 6.50. The minimum atomic E-state index is -2.90. The monoisotopic (exact) mass is 408 g/mol. The number of ether oxygens (including phenoxy) is 2. The lowest BCUT2D eigenvalue weighted by Crippen LogP contribution is -2.38. The molecular weight excluding hydrogens is 386 g/mol. The van der Waals surface area contributed by atoms with Gasteiger partial charge in [0, 0.05) is 36.5 Å². The Hall–Kier alpha value is -3.01. The lowest BCUT2D eigenvalue weighted by Gasteiger charge is -2.27. The van der Waals surface area contributed by atoms with E-state index in [9.17, 15) is 18.4 Å². The fourth-order valence-corrected chi connectivity index (χ4v) is 3.00. The third-order valence-electron chi connectivity index (χ3n) is 4.49. The van der Waals surface area contributed by atoms with Gasteiger partial charge in [-0.3, -0.25) is 14.6 Å². The summed E-state index contributed by atoms with van der Waals surface area (Å²) in [5, 5.41) is 2.66. The number of morpholine rings is 1. The number of H-pyrrole nitrogens is 1. The van der Waals surface area contributed by atoms with E-state index in [1.54, 1.807) is 6.92 Å². The zero-order valence-electron chi connectivity index (χ0n) is 15.9. The maximum atomic E-state index is 12.4. The molecule has 1 aromatic carbocycles. The van der Waals surface area contributed by atoms with Gasteiger partial charge in [0.25, 0.3) is 5.56 Å². The van der Waals surface area contributed by atoms with Crippen molar-refractivity contribution in [2.24, 2.45) is 0 Å². The highest BCUT2D eigenvalue weighted by atomic mass is 19.3. The van der Waals surface area contributed by atoms with E-state index in [1.165, 1.54) is 24.3 Å². The van der Waals surface area contributed by atoms with Gasteiger partial charge in [-0.05, 0) is 37.6 Å². The topological polar surface area (TPSA) is 96.6 Å². The zero-order valence-corrected chi connectivity index (χ0v) is 15.9. The molecule has 0 spiro atoms. The number of nitrogens with zero attached hydrogens (tertiary/aromatic N) is 2. The highest BCUT2D eigenvalue weighted by Crippen LogP contribution is 2.18. The molecule has 1 saturated heterocycles. The van der Waals surface area contributed by atoms with Crippen LogP contribution in [0.2, 0.25) is 0 Å². The minimum Gasteiger partial charge on any atom is -0.435 e. The summed E-state index contributed by atoms with van der Waals surface area (Å²) in [5.74, 6) is 0.213. The average molecular weight is 408 g/mol. The van der Waals surface area contributed by atoms with Gasteiger partial charge in [-0.2, -0.15) is 8.78 Å². The van der Waals surface area contributed by atoms with E-state index >= 15 is 0 Å². The molecule has 29 heavy (non-hydrogen) atoms. The maximum absolute atomic E-state index is 12.4. The Labute approximate surface area is 165 Å². The summed E-state index contributed by atoms with van der Waals surface area (Å²) in [6.07, 6.45) is 0.313. The molecular formula is C19H22F2N4O4. The van der Waals surface area contributed by atoms with Crippen LogP contribution in [0.1, 0.15) is 17.7 Å². The Kier molecular flexibility index (Phi) is 6.76. The van der Waals surface area contributed by atoms with Crippen molar-refractivity contribution in [1.82, 2.24) is 9.97 Å². The van der Waals surface area contributed by atoms with E-state index in [4.69, 9.17) is 4.74 Å². The number of hydrogen-bond donors (Lipinski definition) is 2. The Balaban J connectivity index is 1.57. The molecule has 0 unspecified atom stereocenters. The Morgan fingerprint density at radius 2 is 2.00 bits per heavy atom. The van der Waals surface area contributed by atoms with Crippen LogP contribution in [0.4, 0.5) is 20.4 Å². The molecule has 3 rings (SSSR count). The van der Waals surface area contributed by atoms with E-state index < -0.39 is 6.61 Å². The van der Waals surface area contributed by atoms with Gasteiger partial charge in [0.15, 0.2) is 0 Å². The van der Waals surface area contributed by atoms with Gasteiger partial charge in [0.2, 0.25) is 11.9 Å². The number of carbonyl (C=O) groups excluding carboxylic acids is 1. The Bertz CT molecular complexity index is 896. The first-order valence-electron chi connectivity index (χ1n) is 9.19. The van der Waals surface area contributed by atoms with Gasteiger partial charge < -0.3 is 19.7 Å². The summed E-state index contributed by atoms with van der Waals surface area (Å²) < 4.78 is 33.9. The summed E-state index contributed by atoms with van der Waals surface area (Å²) >= 11 is 0. The van der Waals surface area contributed by atoms with Gasteiger partial charge in [-0.15, -0.1) is 0 Å². The normalized spacial score (nSPS) is 14.1. The molecule has 1 aliphatic heterocycles. The number of halogens is 2. The Morgan fingerprint density at radius 3 is 2.62 bits per heavy atom. The van der Waals surface area contributed by atoms with Crippen LogP contribution in [0.5, 0.6) is 5.75 Å². The second kappa shape index (κ2) is 9.46. The van der Waals surface area contributed by atoms with E-state index in [1.807, 2.05) is 4.90 Å². The molecule has 0 aliphatic carbocycles. The van der Waals surface area contributed by atoms with Crippen molar-refractivity contribution < 1.29 is 23.0 Å². The average Bonchev–Trinajstić information content (AvgIpc) is 2.69. The van der Waals surface area contributed by atoms with Crippen LogP contribution in [-0.2, 0) is 16.0 Å². The second-order valence-corrected chi connectivity index (χ2v) is 6.50. The molecule has 1 fully saturated rings. The first-order valence-corrected chi connectivity index (χ1v) is 9.19. The molecule has 1 aliphatic rings. The maximum Gasteiger partial charge on any atom is 0.387 e. The summed E-state index contributed by atoms with van der Waals surface area (Å²) in [6.45, 7) is 1.32. The molecule has 1 amide bonds. The number of anilines is 2. The van der Waals surface area contributed by atoms with E-state index in [0.717, 1.165) is 0 Å². The highest BCUT2D eigenvalue weighted by Gasteiger charge is 2.17. The lowest BCUT2D eigenvalue weighted by molar-refractivity contribution is -0.116. The Morgan fingerprint density at radius 1 is 1.31 bits per heavy atom. The zero-order chi connectivity index (χ0) is 20.8. The largest absolute Gasteiger partial charge is 0.435 e. The third-order valence-corrected chi connectivity index (χ3v) is 4.49. The standard InChI is InChI=1S/C19H22F2N4O4/c1-12-15(17(27)24-19(22-12)25-8-10-28-11-9-25)6-7-16(26)23-13-2-4-14(5-3-13)29-18(20)21/h2-5,18H,6-11H2,1H3,(H,23,26)(H,22,24,27). The van der Waals surface area contributed by atoms with Crippen molar-refractivity contribution in [3.8, 4) is 5.75 Å². The molecule has 0 saturated carbocycles. The predicted molar refractivity (Wildman–Crippen MR) is 103 cm³/mol. The molecule has 0 bridgehead atoms. The fraction of sp³-hybridized carbons (Fsp3) is 0.421. The van der Waals surface area contributed by atoms with Crippen LogP contribution >= 0.6 is 0 Å². The molecule has 2 N–H and O–H groups in total. The molecule has 8 nitrogen and oxygen atoms in total. The third kappa shape index (κ3) is 5.74. The van der Waals surface area contributed by atoms with Gasteiger partial charge in [0.05, 0.1) is 13.2 Å². The molecule has 1 aromatic heterocycles. The highest BCUT2D eigenvalue weighted by molar-refractivity contribution is 5.90. The number of amides is 1. The van der Waals surface area contributed by atoms with Gasteiger partial charge in [0.1, 0.15) is 5.75 Å². The van der Waals surface area contributed by atoms with Crippen molar-refractivity contribution in [3.63, 3.8) is 0 Å². The molecule has 2 aromatic rings. The number of carbonyl (C=O) groups is 1. The smallest absolute Gasteiger partial charge is 0.387 e. The van der Waals surface area contributed by atoms with E-state index in [-0.39, 0.29) is 30.1 Å². The predicted octanol–water partition coefficient (Wildman–Crippen LogP) is 2.09. The van der Waals surface area contributed by atoms with Crippen molar-refractivity contribution in [3.05, 3.63) is 45.9 Å². The van der Waals surface area contributed by atoms with Crippen molar-refractivity contribution in [1.29, 1.82) is 0 Å². The van der Waals surface area contributed by atoms with Crippen molar-refractivity contribution >= 4 is 17.5 Å². The number of aromatic nitrogens is 2. The number of aryl methyl sites for hydroxylation is 1.